The minimum absolute atomic E-state index is 0.193. The second-order valence-electron chi connectivity index (χ2n) is 6.23. The van der Waals surface area contributed by atoms with Gasteiger partial charge in [0.25, 0.3) is 5.56 Å². The van der Waals surface area contributed by atoms with Crippen LogP contribution in [0.4, 0.5) is 24.0 Å². The van der Waals surface area contributed by atoms with Gasteiger partial charge in [0.05, 0.1) is 11.3 Å². The van der Waals surface area contributed by atoms with E-state index in [1.807, 2.05) is 0 Å². The molecule has 156 valence electrons. The minimum Gasteiger partial charge on any atom is -0.326 e. The summed E-state index contributed by atoms with van der Waals surface area (Å²) in [7, 11) is 0. The number of pyridine rings is 1. The molecule has 3 aromatic rings. The predicted octanol–water partition coefficient (Wildman–Crippen LogP) is 3.59. The molecule has 0 saturated carbocycles. The fourth-order valence-electron chi connectivity index (χ4n) is 2.53. The van der Waals surface area contributed by atoms with E-state index in [0.29, 0.717) is 28.2 Å². The fourth-order valence-corrected chi connectivity index (χ4v) is 3.26. The lowest BCUT2D eigenvalue weighted by Gasteiger charge is -2.10. The van der Waals surface area contributed by atoms with Crippen LogP contribution in [0.1, 0.15) is 12.5 Å². The highest BCUT2D eigenvalue weighted by Gasteiger charge is 2.31. The Labute approximate surface area is 172 Å². The molecule has 2 heterocycles. The third kappa shape index (κ3) is 5.32. The van der Waals surface area contributed by atoms with Gasteiger partial charge in [0.2, 0.25) is 11.8 Å². The molecule has 2 aromatic heterocycles. The average molecular weight is 436 g/mol. The lowest BCUT2D eigenvalue weighted by Crippen LogP contribution is -2.28. The second kappa shape index (κ2) is 8.49. The van der Waals surface area contributed by atoms with Crippen molar-refractivity contribution in [2.75, 3.05) is 10.6 Å². The first-order chi connectivity index (χ1) is 14.1. The molecule has 0 aliphatic rings. The molecule has 0 aliphatic carbocycles. The lowest BCUT2D eigenvalue weighted by molar-refractivity contribution is -0.138. The summed E-state index contributed by atoms with van der Waals surface area (Å²) < 4.78 is 39.1. The lowest BCUT2D eigenvalue weighted by atomic mass is 10.1. The molecule has 0 bridgehead atoms. The third-order valence-electron chi connectivity index (χ3n) is 3.88. The number of carbonyl (C=O) groups is 2. The van der Waals surface area contributed by atoms with Gasteiger partial charge >= 0.3 is 6.18 Å². The van der Waals surface area contributed by atoms with Gasteiger partial charge in [-0.15, -0.1) is 11.3 Å². The number of hydrogen-bond donors (Lipinski definition) is 2. The van der Waals surface area contributed by atoms with Crippen molar-refractivity contribution in [2.24, 2.45) is 0 Å². The molecule has 0 unspecified atom stereocenters. The van der Waals surface area contributed by atoms with Crippen LogP contribution in [0.25, 0.3) is 11.3 Å². The van der Waals surface area contributed by atoms with Gasteiger partial charge in [0, 0.05) is 35.8 Å². The number of thiazole rings is 1. The van der Waals surface area contributed by atoms with Crippen molar-refractivity contribution in [3.8, 4) is 11.3 Å². The van der Waals surface area contributed by atoms with Crippen molar-refractivity contribution in [1.29, 1.82) is 0 Å². The number of aromatic nitrogens is 2. The summed E-state index contributed by atoms with van der Waals surface area (Å²) >= 11 is 1.13. The summed E-state index contributed by atoms with van der Waals surface area (Å²) in [6, 6.07) is 8.33. The van der Waals surface area contributed by atoms with Crippen molar-refractivity contribution in [3.63, 3.8) is 0 Å². The van der Waals surface area contributed by atoms with E-state index in [9.17, 15) is 27.6 Å². The first-order valence-electron chi connectivity index (χ1n) is 8.53. The van der Waals surface area contributed by atoms with Gasteiger partial charge in [0.1, 0.15) is 6.54 Å². The monoisotopic (exact) mass is 436 g/mol. The summed E-state index contributed by atoms with van der Waals surface area (Å²) in [4.78, 5) is 39.2. The summed E-state index contributed by atoms with van der Waals surface area (Å²) in [5.74, 6) is -0.875. The van der Waals surface area contributed by atoms with Crippen LogP contribution in [0.5, 0.6) is 0 Å². The molecule has 0 saturated heterocycles. The number of halogens is 3. The van der Waals surface area contributed by atoms with Crippen molar-refractivity contribution in [1.82, 2.24) is 9.55 Å². The molecular formula is C19H15F3N4O3S. The molecule has 11 heteroatoms. The summed E-state index contributed by atoms with van der Waals surface area (Å²) in [6.07, 6.45) is -4.02. The Morgan fingerprint density at radius 3 is 2.43 bits per heavy atom. The Kier molecular flexibility index (Phi) is 6.01. The van der Waals surface area contributed by atoms with Crippen LogP contribution >= 0.6 is 11.3 Å². The zero-order valence-corrected chi connectivity index (χ0v) is 16.3. The van der Waals surface area contributed by atoms with Gasteiger partial charge in [-0.3, -0.25) is 14.4 Å². The molecule has 0 radical (unpaired) electrons. The van der Waals surface area contributed by atoms with Gasteiger partial charge in [-0.1, -0.05) is 12.1 Å². The molecular weight excluding hydrogens is 421 g/mol. The smallest absolute Gasteiger partial charge is 0.326 e. The Morgan fingerprint density at radius 1 is 1.10 bits per heavy atom. The van der Waals surface area contributed by atoms with E-state index in [0.717, 1.165) is 23.0 Å². The number of anilines is 2. The number of nitrogens with zero attached hydrogens (tertiary/aromatic N) is 2. The van der Waals surface area contributed by atoms with Gasteiger partial charge < -0.3 is 15.2 Å². The topological polar surface area (TPSA) is 93.1 Å². The van der Waals surface area contributed by atoms with E-state index < -0.39 is 29.8 Å². The standard InChI is InChI=1S/C19H15F3N4O3S/c1-11(27)23-14-5-2-12(3-6-14)15-10-30-18(24-15)25-16(28)9-26-8-13(19(20,21)22)4-7-17(26)29/h2-8,10H,9H2,1H3,(H,23,27)(H,24,25,28). The maximum absolute atomic E-state index is 12.8. The van der Waals surface area contributed by atoms with Crippen molar-refractivity contribution < 1.29 is 22.8 Å². The van der Waals surface area contributed by atoms with Crippen LogP contribution < -0.4 is 16.2 Å². The molecule has 30 heavy (non-hydrogen) atoms. The third-order valence-corrected chi connectivity index (χ3v) is 4.63. The van der Waals surface area contributed by atoms with Gasteiger partial charge in [-0.25, -0.2) is 4.98 Å². The number of rotatable bonds is 5. The highest BCUT2D eigenvalue weighted by atomic mass is 32.1. The van der Waals surface area contributed by atoms with Crippen molar-refractivity contribution in [2.45, 2.75) is 19.6 Å². The van der Waals surface area contributed by atoms with Crippen LogP contribution in [-0.4, -0.2) is 21.4 Å². The van der Waals surface area contributed by atoms with Gasteiger partial charge in [0.15, 0.2) is 5.13 Å². The van der Waals surface area contributed by atoms with Crippen molar-refractivity contribution in [3.05, 3.63) is 63.9 Å². The van der Waals surface area contributed by atoms with Gasteiger partial charge in [-0.05, 0) is 18.2 Å². The Balaban J connectivity index is 1.68. The molecule has 0 fully saturated rings. The van der Waals surface area contributed by atoms with Crippen LogP contribution in [0.3, 0.4) is 0 Å². The molecule has 0 spiro atoms. The largest absolute Gasteiger partial charge is 0.417 e. The zero-order chi connectivity index (χ0) is 21.9. The first-order valence-corrected chi connectivity index (χ1v) is 9.41. The molecule has 2 N–H and O–H groups in total. The Hall–Kier alpha value is -3.47. The molecule has 1 aromatic carbocycles. The van der Waals surface area contributed by atoms with Crippen LogP contribution in [-0.2, 0) is 22.3 Å². The van der Waals surface area contributed by atoms with E-state index in [1.54, 1.807) is 29.6 Å². The van der Waals surface area contributed by atoms with Crippen LogP contribution in [0.2, 0.25) is 0 Å². The maximum atomic E-state index is 12.8. The summed E-state index contributed by atoms with van der Waals surface area (Å²) in [5.41, 5.74) is 0.198. The zero-order valence-electron chi connectivity index (χ0n) is 15.5. The Bertz CT molecular complexity index is 1140. The number of alkyl halides is 3. The molecule has 0 atom stereocenters. The number of hydrogen-bond acceptors (Lipinski definition) is 5. The number of carbonyl (C=O) groups excluding carboxylic acids is 2. The molecule has 3 rings (SSSR count). The fraction of sp³-hybridized carbons (Fsp3) is 0.158. The highest BCUT2D eigenvalue weighted by Crippen LogP contribution is 2.28. The second-order valence-corrected chi connectivity index (χ2v) is 7.08. The van der Waals surface area contributed by atoms with E-state index >= 15 is 0 Å². The predicted molar refractivity (Wildman–Crippen MR) is 106 cm³/mol. The molecule has 0 aliphatic heterocycles. The number of nitrogens with one attached hydrogen (secondary N) is 2. The summed E-state index contributed by atoms with van der Waals surface area (Å²) in [5, 5.41) is 7.05. The summed E-state index contributed by atoms with van der Waals surface area (Å²) in [6.45, 7) is 0.819. The maximum Gasteiger partial charge on any atom is 0.417 e. The average Bonchev–Trinajstić information content (AvgIpc) is 3.11. The van der Waals surface area contributed by atoms with Gasteiger partial charge in [-0.2, -0.15) is 13.2 Å². The van der Waals surface area contributed by atoms with Crippen LogP contribution in [0, 0.1) is 0 Å². The number of amides is 2. The molecule has 7 nitrogen and oxygen atoms in total. The van der Waals surface area contributed by atoms with E-state index in [4.69, 9.17) is 0 Å². The number of benzene rings is 1. The normalized spacial score (nSPS) is 11.2. The van der Waals surface area contributed by atoms with Crippen LogP contribution in [0.15, 0.2) is 52.8 Å². The SMILES string of the molecule is CC(=O)Nc1ccc(-c2csc(NC(=O)Cn3cc(C(F)(F)F)ccc3=O)n2)cc1. The quantitative estimate of drug-likeness (QED) is 0.639. The molecule has 2 amide bonds. The van der Waals surface area contributed by atoms with E-state index in [1.165, 1.54) is 6.92 Å². The highest BCUT2D eigenvalue weighted by molar-refractivity contribution is 7.14. The van der Waals surface area contributed by atoms with E-state index in [2.05, 4.69) is 15.6 Å². The first kappa shape index (κ1) is 21.2. The van der Waals surface area contributed by atoms with Crippen molar-refractivity contribution >= 4 is 34.0 Å². The van der Waals surface area contributed by atoms with E-state index in [-0.39, 0.29) is 11.0 Å². The Morgan fingerprint density at radius 2 is 1.80 bits per heavy atom. The minimum atomic E-state index is -4.62.